The second kappa shape index (κ2) is 6.65. The number of nitrogens with zero attached hydrogens (tertiary/aromatic N) is 1. The van der Waals surface area contributed by atoms with Crippen molar-refractivity contribution in [2.75, 3.05) is 29.9 Å². The van der Waals surface area contributed by atoms with Gasteiger partial charge < -0.3 is 15.3 Å². The number of likely N-dealkylation sites (tertiary alicyclic amines) is 1. The Balaban J connectivity index is 1.64. The Hall–Kier alpha value is -1.34. The Bertz CT molecular complexity index is 619. The van der Waals surface area contributed by atoms with Crippen molar-refractivity contribution in [2.24, 2.45) is 5.41 Å². The Labute approximate surface area is 144 Å². The highest BCUT2D eigenvalue weighted by molar-refractivity contribution is 8.19. The average molecular weight is 352 g/mol. The molecule has 124 valence electrons. The van der Waals surface area contributed by atoms with Crippen LogP contribution in [0.15, 0.2) is 24.3 Å². The Morgan fingerprint density at radius 2 is 2.09 bits per heavy atom. The first-order valence-electron chi connectivity index (χ1n) is 7.60. The molecular formula is C16H20N2O3S2. The monoisotopic (exact) mass is 352 g/mol. The van der Waals surface area contributed by atoms with E-state index in [9.17, 15) is 14.7 Å². The van der Waals surface area contributed by atoms with Crippen LogP contribution in [0, 0.1) is 5.41 Å². The predicted octanol–water partition coefficient (Wildman–Crippen LogP) is 3.49. The third-order valence-electron chi connectivity index (χ3n) is 4.31. The Morgan fingerprint density at radius 3 is 2.74 bits per heavy atom. The van der Waals surface area contributed by atoms with Crippen LogP contribution in [0.3, 0.4) is 0 Å². The normalized spacial score (nSPS) is 24.8. The molecule has 1 atom stereocenters. The summed E-state index contributed by atoms with van der Waals surface area (Å²) in [6.07, 6.45) is 0.491. The number of carboxylic acids is 1. The fourth-order valence-electron chi connectivity index (χ4n) is 2.83. The van der Waals surface area contributed by atoms with Gasteiger partial charge in [-0.25, -0.2) is 4.79 Å². The van der Waals surface area contributed by atoms with Crippen LogP contribution in [0.4, 0.5) is 10.5 Å². The van der Waals surface area contributed by atoms with Crippen LogP contribution in [0.25, 0.3) is 0 Å². The van der Waals surface area contributed by atoms with E-state index in [1.54, 1.807) is 11.8 Å². The molecule has 5 nitrogen and oxygen atoms in total. The van der Waals surface area contributed by atoms with Gasteiger partial charge in [-0.05, 0) is 31.0 Å². The molecule has 1 aromatic rings. The minimum Gasteiger partial charge on any atom is -0.481 e. The van der Waals surface area contributed by atoms with Crippen molar-refractivity contribution in [1.29, 1.82) is 0 Å². The summed E-state index contributed by atoms with van der Waals surface area (Å²) in [5, 5.41) is 12.2. The fraction of sp³-hybridized carbons (Fsp3) is 0.500. The molecule has 2 aliphatic rings. The molecule has 1 unspecified atom stereocenters. The summed E-state index contributed by atoms with van der Waals surface area (Å²) in [6.45, 7) is 2.42. The van der Waals surface area contributed by atoms with E-state index >= 15 is 0 Å². The number of hydrogen-bond donors (Lipinski definition) is 2. The van der Waals surface area contributed by atoms with Gasteiger partial charge in [-0.15, -0.1) is 23.5 Å². The average Bonchev–Trinajstić information content (AvgIpc) is 3.17. The van der Waals surface area contributed by atoms with E-state index in [0.717, 1.165) is 17.2 Å². The second-order valence-electron chi connectivity index (χ2n) is 6.17. The molecule has 2 fully saturated rings. The van der Waals surface area contributed by atoms with Gasteiger partial charge in [0.2, 0.25) is 0 Å². The summed E-state index contributed by atoms with van der Waals surface area (Å²) in [5.41, 5.74) is 1.15. The largest absolute Gasteiger partial charge is 0.481 e. The number of carbonyl (C=O) groups excluding carboxylic acids is 1. The number of aliphatic carboxylic acids is 1. The van der Waals surface area contributed by atoms with Gasteiger partial charge >= 0.3 is 12.0 Å². The maximum atomic E-state index is 12.4. The summed E-state index contributed by atoms with van der Waals surface area (Å²) in [5.74, 6) is 1.48. The van der Waals surface area contributed by atoms with Crippen molar-refractivity contribution < 1.29 is 14.7 Å². The quantitative estimate of drug-likeness (QED) is 0.871. The lowest BCUT2D eigenvalue weighted by atomic mass is 9.90. The van der Waals surface area contributed by atoms with Gasteiger partial charge in [-0.3, -0.25) is 4.79 Å². The molecule has 3 rings (SSSR count). The summed E-state index contributed by atoms with van der Waals surface area (Å²) < 4.78 is 0.439. The van der Waals surface area contributed by atoms with Gasteiger partial charge in [-0.1, -0.05) is 12.1 Å². The molecule has 23 heavy (non-hydrogen) atoms. The molecule has 2 N–H and O–H groups in total. The topological polar surface area (TPSA) is 69.6 Å². The molecule has 0 spiro atoms. The number of benzene rings is 1. The van der Waals surface area contributed by atoms with Crippen molar-refractivity contribution >= 4 is 41.2 Å². The first-order valence-corrected chi connectivity index (χ1v) is 9.70. The smallest absolute Gasteiger partial charge is 0.321 e. The molecule has 0 radical (unpaired) electrons. The summed E-state index contributed by atoms with van der Waals surface area (Å²) in [4.78, 5) is 25.2. The van der Waals surface area contributed by atoms with E-state index in [1.165, 1.54) is 5.56 Å². The van der Waals surface area contributed by atoms with Gasteiger partial charge in [-0.2, -0.15) is 0 Å². The van der Waals surface area contributed by atoms with Crippen molar-refractivity contribution in [3.8, 4) is 0 Å². The van der Waals surface area contributed by atoms with Crippen LogP contribution in [0.1, 0.15) is 23.5 Å². The number of amides is 2. The lowest BCUT2D eigenvalue weighted by Gasteiger charge is -2.21. The van der Waals surface area contributed by atoms with Crippen molar-refractivity contribution in [2.45, 2.75) is 17.9 Å². The van der Waals surface area contributed by atoms with E-state index in [0.29, 0.717) is 17.5 Å². The van der Waals surface area contributed by atoms with Gasteiger partial charge in [0.1, 0.15) is 0 Å². The Kier molecular flexibility index (Phi) is 4.77. The van der Waals surface area contributed by atoms with Crippen LogP contribution in [-0.4, -0.2) is 46.6 Å². The number of anilines is 1. The highest BCUT2D eigenvalue weighted by atomic mass is 32.2. The first-order chi connectivity index (χ1) is 11.0. The molecule has 0 bridgehead atoms. The minimum absolute atomic E-state index is 0.223. The maximum Gasteiger partial charge on any atom is 0.321 e. The molecule has 2 amide bonds. The van der Waals surface area contributed by atoms with Gasteiger partial charge in [0.15, 0.2) is 0 Å². The number of carbonyl (C=O) groups is 2. The lowest BCUT2D eigenvalue weighted by molar-refractivity contribution is -0.146. The van der Waals surface area contributed by atoms with Crippen LogP contribution in [0.5, 0.6) is 0 Å². The van der Waals surface area contributed by atoms with Crippen LogP contribution in [-0.2, 0) is 4.79 Å². The lowest BCUT2D eigenvalue weighted by Crippen LogP contribution is -2.37. The molecule has 0 saturated carbocycles. The Morgan fingerprint density at radius 1 is 1.35 bits per heavy atom. The van der Waals surface area contributed by atoms with E-state index in [2.05, 4.69) is 11.4 Å². The molecule has 2 saturated heterocycles. The minimum atomic E-state index is -0.843. The SMILES string of the molecule is CC1(C(=O)O)CCN(C(=O)Nc2cccc(C3SCCS3)c2)C1. The number of thioether (sulfide) groups is 2. The van der Waals surface area contributed by atoms with Gasteiger partial charge in [0, 0.05) is 30.3 Å². The standard InChI is InChI=1S/C16H20N2O3S2/c1-16(14(19)20)5-6-18(10-16)15(21)17-12-4-2-3-11(9-12)13-22-7-8-23-13/h2-4,9,13H,5-8,10H2,1H3,(H,17,21)(H,19,20). The second-order valence-corrected chi connectivity index (χ2v) is 8.89. The first kappa shape index (κ1) is 16.5. The molecule has 2 heterocycles. The molecule has 1 aromatic carbocycles. The van der Waals surface area contributed by atoms with E-state index in [1.807, 2.05) is 41.7 Å². The molecular weight excluding hydrogens is 332 g/mol. The molecule has 0 aliphatic carbocycles. The zero-order valence-electron chi connectivity index (χ0n) is 12.9. The maximum absolute atomic E-state index is 12.4. The number of carboxylic acid groups (broad SMARTS) is 1. The number of hydrogen-bond acceptors (Lipinski definition) is 4. The summed E-state index contributed by atoms with van der Waals surface area (Å²) in [7, 11) is 0. The van der Waals surface area contributed by atoms with Gasteiger partial charge in [0.25, 0.3) is 0 Å². The van der Waals surface area contributed by atoms with Crippen LogP contribution in [0.2, 0.25) is 0 Å². The molecule has 7 heteroatoms. The third-order valence-corrected chi connectivity index (χ3v) is 7.41. The van der Waals surface area contributed by atoms with E-state index < -0.39 is 11.4 Å². The van der Waals surface area contributed by atoms with Crippen molar-refractivity contribution in [3.63, 3.8) is 0 Å². The number of nitrogens with one attached hydrogen (secondary N) is 1. The van der Waals surface area contributed by atoms with Crippen LogP contribution >= 0.6 is 23.5 Å². The van der Waals surface area contributed by atoms with Gasteiger partial charge in [0.05, 0.1) is 10.00 Å². The van der Waals surface area contributed by atoms with E-state index in [-0.39, 0.29) is 12.6 Å². The molecule has 0 aromatic heterocycles. The van der Waals surface area contributed by atoms with Crippen molar-refractivity contribution in [3.05, 3.63) is 29.8 Å². The van der Waals surface area contributed by atoms with Crippen molar-refractivity contribution in [1.82, 2.24) is 4.90 Å². The fourth-order valence-corrected chi connectivity index (χ4v) is 5.66. The number of urea groups is 1. The summed E-state index contributed by atoms with van der Waals surface area (Å²) >= 11 is 3.85. The third kappa shape index (κ3) is 3.61. The van der Waals surface area contributed by atoms with E-state index in [4.69, 9.17) is 0 Å². The summed E-state index contributed by atoms with van der Waals surface area (Å²) in [6, 6.07) is 7.70. The zero-order chi connectivity index (χ0) is 16.4. The highest BCUT2D eigenvalue weighted by Gasteiger charge is 2.42. The molecule has 2 aliphatic heterocycles. The van der Waals surface area contributed by atoms with Crippen LogP contribution < -0.4 is 5.32 Å². The highest BCUT2D eigenvalue weighted by Crippen LogP contribution is 2.45. The zero-order valence-corrected chi connectivity index (χ0v) is 14.6. The predicted molar refractivity (Wildman–Crippen MR) is 95.1 cm³/mol. The number of rotatable bonds is 3.